The largest absolute Gasteiger partial charge is 0.369 e. The van der Waals surface area contributed by atoms with Gasteiger partial charge in [0.25, 0.3) is 5.91 Å². The van der Waals surface area contributed by atoms with Crippen LogP contribution in [-0.4, -0.2) is 69.8 Å². The van der Waals surface area contributed by atoms with Gasteiger partial charge in [-0.3, -0.25) is 9.69 Å². The van der Waals surface area contributed by atoms with Crippen molar-refractivity contribution in [2.45, 2.75) is 25.7 Å². The van der Waals surface area contributed by atoms with Crippen LogP contribution in [0.15, 0.2) is 60.8 Å². The van der Waals surface area contributed by atoms with Crippen molar-refractivity contribution in [1.82, 2.24) is 30.0 Å². The first-order valence-corrected chi connectivity index (χ1v) is 12.8. The molecule has 8 nitrogen and oxygen atoms in total. The third-order valence-corrected chi connectivity index (χ3v) is 7.15. The summed E-state index contributed by atoms with van der Waals surface area (Å²) < 4.78 is 1.76. The Bertz CT molecular complexity index is 1360. The summed E-state index contributed by atoms with van der Waals surface area (Å²) in [5.41, 5.74) is 4.41. The molecule has 4 heterocycles. The highest BCUT2D eigenvalue weighted by atomic mass is 16.1. The summed E-state index contributed by atoms with van der Waals surface area (Å²) in [4.78, 5) is 27.6. The first-order valence-electron chi connectivity index (χ1n) is 12.8. The molecule has 2 fully saturated rings. The number of nitrogens with one attached hydrogen (secondary N) is 1. The van der Waals surface area contributed by atoms with Crippen molar-refractivity contribution in [2.24, 2.45) is 0 Å². The molecule has 2 aliphatic rings. The van der Waals surface area contributed by atoms with Crippen LogP contribution in [-0.2, 0) is 0 Å². The van der Waals surface area contributed by atoms with Crippen molar-refractivity contribution < 1.29 is 4.79 Å². The van der Waals surface area contributed by atoms with Gasteiger partial charge in [-0.15, -0.1) is 0 Å². The van der Waals surface area contributed by atoms with E-state index >= 15 is 0 Å². The molecule has 1 aromatic carbocycles. The van der Waals surface area contributed by atoms with Crippen LogP contribution in [0.1, 0.15) is 40.5 Å². The number of benzene rings is 1. The van der Waals surface area contributed by atoms with Gasteiger partial charge in [0.05, 0.1) is 16.6 Å². The van der Waals surface area contributed by atoms with Gasteiger partial charge in [0.15, 0.2) is 11.5 Å². The number of aryl methyl sites for hydroxylation is 1. The number of carbonyl (C=O) groups excluding carboxylic acids is 1. The molecule has 1 aliphatic carbocycles. The highest BCUT2D eigenvalue weighted by molar-refractivity contribution is 6.06. The highest BCUT2D eigenvalue weighted by Gasteiger charge is 2.29. The lowest BCUT2D eigenvalue weighted by atomic mass is 10.1. The number of nitrogens with zero attached hydrogens (tertiary/aromatic N) is 6. The number of fused-ring (bicyclic) bond motifs is 1. The van der Waals surface area contributed by atoms with Crippen LogP contribution >= 0.6 is 0 Å². The lowest BCUT2D eigenvalue weighted by Gasteiger charge is -2.36. The Labute approximate surface area is 211 Å². The molecule has 1 N–H and O–H groups in total. The van der Waals surface area contributed by atoms with Crippen LogP contribution in [0.25, 0.3) is 16.9 Å². The minimum atomic E-state index is -0.0594. The fraction of sp³-hybridized carbons (Fsp3) is 0.357. The van der Waals surface area contributed by atoms with E-state index < -0.39 is 0 Å². The van der Waals surface area contributed by atoms with Gasteiger partial charge in [-0.1, -0.05) is 24.3 Å². The SMILES string of the molecule is Cc1nn(-c2ccccn2)c2nc(C3CC3)cc(C(=O)NCCN3CCN(c4ccccc4)CC3)c12. The van der Waals surface area contributed by atoms with E-state index in [0.717, 1.165) is 62.3 Å². The summed E-state index contributed by atoms with van der Waals surface area (Å²) in [6.45, 7) is 7.37. The van der Waals surface area contributed by atoms with E-state index in [1.807, 2.05) is 31.2 Å². The molecule has 4 aromatic rings. The summed E-state index contributed by atoms with van der Waals surface area (Å²) in [7, 11) is 0. The zero-order valence-corrected chi connectivity index (χ0v) is 20.6. The molecular formula is C28H31N7O. The van der Waals surface area contributed by atoms with Crippen molar-refractivity contribution in [3.05, 3.63) is 77.7 Å². The Balaban J connectivity index is 1.16. The molecule has 0 atom stereocenters. The van der Waals surface area contributed by atoms with Crippen LogP contribution in [0.2, 0.25) is 0 Å². The molecule has 36 heavy (non-hydrogen) atoms. The van der Waals surface area contributed by atoms with Gasteiger partial charge in [-0.2, -0.15) is 9.78 Å². The number of para-hydroxylation sites is 1. The number of aromatic nitrogens is 4. The Morgan fingerprint density at radius 1 is 1.03 bits per heavy atom. The lowest BCUT2D eigenvalue weighted by Crippen LogP contribution is -2.48. The van der Waals surface area contributed by atoms with Gasteiger partial charge >= 0.3 is 0 Å². The summed E-state index contributed by atoms with van der Waals surface area (Å²) in [5.74, 6) is 1.07. The fourth-order valence-electron chi connectivity index (χ4n) is 5.01. The normalized spacial score (nSPS) is 16.4. The van der Waals surface area contributed by atoms with Gasteiger partial charge in [-0.05, 0) is 50.1 Å². The topological polar surface area (TPSA) is 79.2 Å². The average Bonchev–Trinajstić information content (AvgIpc) is 3.73. The van der Waals surface area contributed by atoms with Crippen molar-refractivity contribution in [3.8, 4) is 5.82 Å². The number of piperazine rings is 1. The number of hydrogen-bond donors (Lipinski definition) is 1. The Morgan fingerprint density at radius 3 is 2.53 bits per heavy atom. The van der Waals surface area contributed by atoms with Crippen LogP contribution < -0.4 is 10.2 Å². The second-order valence-corrected chi connectivity index (χ2v) is 9.67. The van der Waals surface area contributed by atoms with E-state index in [2.05, 4.69) is 50.4 Å². The van der Waals surface area contributed by atoms with Crippen LogP contribution in [0.4, 0.5) is 5.69 Å². The molecular weight excluding hydrogens is 450 g/mol. The number of rotatable bonds is 7. The summed E-state index contributed by atoms with van der Waals surface area (Å²) >= 11 is 0. The summed E-state index contributed by atoms with van der Waals surface area (Å²) in [6, 6.07) is 18.3. The second-order valence-electron chi connectivity index (χ2n) is 9.67. The molecule has 0 spiro atoms. The molecule has 1 saturated carbocycles. The standard InChI is InChI=1S/C28H31N7O/c1-20-26-23(19-24(21-10-11-21)31-27(26)35(32-20)25-9-5-6-12-29-25)28(36)30-13-14-33-15-17-34(18-16-33)22-7-3-2-4-8-22/h2-9,12,19,21H,10-11,13-18H2,1H3,(H,30,36). The molecule has 0 radical (unpaired) electrons. The number of carbonyl (C=O) groups is 1. The molecule has 1 aliphatic heterocycles. The maximum absolute atomic E-state index is 13.4. The summed E-state index contributed by atoms with van der Waals surface area (Å²) in [6.07, 6.45) is 3.98. The van der Waals surface area contributed by atoms with Crippen LogP contribution in [0.3, 0.4) is 0 Å². The van der Waals surface area contributed by atoms with Crippen molar-refractivity contribution in [3.63, 3.8) is 0 Å². The predicted molar refractivity (Wildman–Crippen MR) is 141 cm³/mol. The van der Waals surface area contributed by atoms with E-state index in [0.29, 0.717) is 29.5 Å². The Morgan fingerprint density at radius 2 is 1.81 bits per heavy atom. The Kier molecular flexibility index (Phi) is 6.11. The first kappa shape index (κ1) is 22.7. The quantitative estimate of drug-likeness (QED) is 0.435. The molecule has 0 unspecified atom stereocenters. The van der Waals surface area contributed by atoms with Crippen LogP contribution in [0, 0.1) is 6.92 Å². The Hall–Kier alpha value is -3.78. The maximum atomic E-state index is 13.4. The van der Waals surface area contributed by atoms with E-state index in [1.165, 1.54) is 5.69 Å². The number of hydrogen-bond acceptors (Lipinski definition) is 6. The maximum Gasteiger partial charge on any atom is 0.252 e. The highest BCUT2D eigenvalue weighted by Crippen LogP contribution is 2.40. The average molecular weight is 482 g/mol. The number of anilines is 1. The number of amides is 1. The van der Waals surface area contributed by atoms with Gasteiger partial charge in [0.2, 0.25) is 0 Å². The third-order valence-electron chi connectivity index (χ3n) is 7.15. The smallest absolute Gasteiger partial charge is 0.252 e. The lowest BCUT2D eigenvalue weighted by molar-refractivity contribution is 0.0949. The van der Waals surface area contributed by atoms with Crippen LogP contribution in [0.5, 0.6) is 0 Å². The first-order chi connectivity index (χ1) is 17.7. The molecule has 8 heteroatoms. The fourth-order valence-corrected chi connectivity index (χ4v) is 5.01. The number of pyridine rings is 2. The van der Waals surface area contributed by atoms with Gasteiger partial charge < -0.3 is 10.2 Å². The zero-order chi connectivity index (χ0) is 24.5. The van der Waals surface area contributed by atoms with Crippen molar-refractivity contribution in [1.29, 1.82) is 0 Å². The molecule has 184 valence electrons. The monoisotopic (exact) mass is 481 g/mol. The molecule has 0 bridgehead atoms. The molecule has 1 amide bonds. The van der Waals surface area contributed by atoms with Crippen molar-refractivity contribution >= 4 is 22.6 Å². The van der Waals surface area contributed by atoms with E-state index in [9.17, 15) is 4.79 Å². The molecule has 1 saturated heterocycles. The summed E-state index contributed by atoms with van der Waals surface area (Å²) in [5, 5.41) is 8.68. The van der Waals surface area contributed by atoms with Gasteiger partial charge in [0, 0.05) is 62.8 Å². The second kappa shape index (κ2) is 9.70. The van der Waals surface area contributed by atoms with E-state index in [1.54, 1.807) is 10.9 Å². The van der Waals surface area contributed by atoms with E-state index in [4.69, 9.17) is 10.1 Å². The minimum Gasteiger partial charge on any atom is -0.369 e. The van der Waals surface area contributed by atoms with Gasteiger partial charge in [0.1, 0.15) is 0 Å². The molecule has 6 rings (SSSR count). The molecule has 3 aromatic heterocycles. The minimum absolute atomic E-state index is 0.0594. The predicted octanol–water partition coefficient (Wildman–Crippen LogP) is 3.55. The third kappa shape index (κ3) is 4.56. The van der Waals surface area contributed by atoms with Gasteiger partial charge in [-0.25, -0.2) is 9.97 Å². The van der Waals surface area contributed by atoms with E-state index in [-0.39, 0.29) is 5.91 Å². The van der Waals surface area contributed by atoms with Crippen molar-refractivity contribution in [2.75, 3.05) is 44.2 Å². The zero-order valence-electron chi connectivity index (χ0n) is 20.6.